The zero-order valence-corrected chi connectivity index (χ0v) is 16.7. The molecule has 1 amide bonds. The minimum Gasteiger partial charge on any atom is -0.457 e. The number of nitrogens with zero attached hydrogens (tertiary/aromatic N) is 2. The van der Waals surface area contributed by atoms with Gasteiger partial charge in [0.1, 0.15) is 23.3 Å². The molecule has 0 aliphatic heterocycles. The number of aryl methyl sites for hydroxylation is 1. The molecule has 31 heavy (non-hydrogen) atoms. The summed E-state index contributed by atoms with van der Waals surface area (Å²) < 4.78 is 44.4. The van der Waals surface area contributed by atoms with E-state index in [1.54, 1.807) is 30.3 Å². The van der Waals surface area contributed by atoms with Gasteiger partial charge in [-0.2, -0.15) is 18.4 Å². The van der Waals surface area contributed by atoms with Crippen LogP contribution in [-0.4, -0.2) is 10.9 Å². The molecule has 158 valence electrons. The summed E-state index contributed by atoms with van der Waals surface area (Å²) in [7, 11) is 0. The monoisotopic (exact) mass is 445 g/mol. The third-order valence-corrected chi connectivity index (χ3v) is 4.53. The van der Waals surface area contributed by atoms with Crippen molar-refractivity contribution in [2.45, 2.75) is 19.0 Å². The first-order valence-corrected chi connectivity index (χ1v) is 9.42. The fourth-order valence-electron chi connectivity index (χ4n) is 2.70. The summed E-state index contributed by atoms with van der Waals surface area (Å²) in [4.78, 5) is 16.0. The number of hydrogen-bond donors (Lipinski definition) is 1. The van der Waals surface area contributed by atoms with E-state index >= 15 is 0 Å². The van der Waals surface area contributed by atoms with E-state index < -0.39 is 22.7 Å². The first kappa shape index (κ1) is 22.1. The number of carbonyl (C=O) groups excluding carboxylic acids is 1. The fourth-order valence-corrected chi connectivity index (χ4v) is 2.92. The van der Waals surface area contributed by atoms with Crippen molar-refractivity contribution in [3.8, 4) is 17.6 Å². The van der Waals surface area contributed by atoms with Crippen LogP contribution in [0.2, 0.25) is 5.02 Å². The van der Waals surface area contributed by atoms with E-state index in [4.69, 9.17) is 21.6 Å². The van der Waals surface area contributed by atoms with Gasteiger partial charge < -0.3 is 10.1 Å². The lowest BCUT2D eigenvalue weighted by atomic mass is 10.1. The summed E-state index contributed by atoms with van der Waals surface area (Å²) in [6, 6.07) is 15.3. The summed E-state index contributed by atoms with van der Waals surface area (Å²) in [5, 5.41) is 10.9. The maximum atomic E-state index is 12.9. The Hall–Kier alpha value is -3.57. The van der Waals surface area contributed by atoms with Crippen molar-refractivity contribution in [2.75, 3.05) is 5.32 Å². The zero-order valence-electron chi connectivity index (χ0n) is 15.9. The van der Waals surface area contributed by atoms with Crippen LogP contribution in [0.3, 0.4) is 0 Å². The first-order chi connectivity index (χ1) is 14.7. The Bertz CT molecular complexity index is 1130. The number of amides is 1. The van der Waals surface area contributed by atoms with Gasteiger partial charge in [0.25, 0.3) is 0 Å². The van der Waals surface area contributed by atoms with E-state index in [1.807, 2.05) is 6.07 Å². The smallest absolute Gasteiger partial charge is 0.417 e. The molecule has 0 saturated carbocycles. The van der Waals surface area contributed by atoms with Gasteiger partial charge in [0, 0.05) is 24.4 Å². The van der Waals surface area contributed by atoms with Gasteiger partial charge in [0.05, 0.1) is 10.6 Å². The van der Waals surface area contributed by atoms with E-state index in [2.05, 4.69) is 10.3 Å². The minimum absolute atomic E-state index is 0.0274. The first-order valence-electron chi connectivity index (χ1n) is 9.04. The number of benzene rings is 2. The van der Waals surface area contributed by atoms with E-state index in [-0.39, 0.29) is 17.8 Å². The number of hydrogen-bond acceptors (Lipinski definition) is 4. The molecular formula is C22H15ClF3N3O2. The second kappa shape index (κ2) is 9.49. The fraction of sp³-hybridized carbons (Fsp3) is 0.136. The third-order valence-electron chi connectivity index (χ3n) is 4.20. The Morgan fingerprint density at radius 3 is 2.52 bits per heavy atom. The van der Waals surface area contributed by atoms with Gasteiger partial charge in [-0.1, -0.05) is 23.7 Å². The van der Waals surface area contributed by atoms with Crippen LogP contribution < -0.4 is 10.1 Å². The molecule has 0 spiro atoms. The molecule has 0 atom stereocenters. The van der Waals surface area contributed by atoms with Gasteiger partial charge in [-0.3, -0.25) is 4.79 Å². The van der Waals surface area contributed by atoms with Crippen LogP contribution in [0.1, 0.15) is 23.2 Å². The topological polar surface area (TPSA) is 75.0 Å². The number of pyridine rings is 1. The second-order valence-corrected chi connectivity index (χ2v) is 6.88. The number of aromatic nitrogens is 1. The molecule has 0 radical (unpaired) electrons. The van der Waals surface area contributed by atoms with E-state index in [1.165, 1.54) is 18.3 Å². The molecule has 1 aromatic heterocycles. The van der Waals surface area contributed by atoms with Gasteiger partial charge in [-0.05, 0) is 48.4 Å². The molecule has 0 bridgehead atoms. The molecule has 0 fully saturated rings. The Morgan fingerprint density at radius 1 is 1.10 bits per heavy atom. The maximum absolute atomic E-state index is 12.9. The van der Waals surface area contributed by atoms with Crippen molar-refractivity contribution in [3.05, 3.63) is 82.6 Å². The van der Waals surface area contributed by atoms with Crippen LogP contribution in [0.5, 0.6) is 11.5 Å². The normalized spacial score (nSPS) is 10.9. The predicted molar refractivity (Wildman–Crippen MR) is 109 cm³/mol. The number of carbonyl (C=O) groups is 1. The summed E-state index contributed by atoms with van der Waals surface area (Å²) in [6.45, 7) is 0. The summed E-state index contributed by atoms with van der Waals surface area (Å²) in [5.41, 5.74) is 0.114. The quantitative estimate of drug-likeness (QED) is 0.505. The molecule has 0 unspecified atom stereocenters. The SMILES string of the molecule is N#Cc1cc(Oc2ccc(CCC(=O)Nc3ccc(Cl)c(C(F)(F)F)c3)cc2)ccn1. The molecule has 3 rings (SSSR count). The molecule has 5 nitrogen and oxygen atoms in total. The van der Waals surface area contributed by atoms with Crippen LogP contribution in [0.4, 0.5) is 18.9 Å². The molecule has 3 aromatic rings. The molecular weight excluding hydrogens is 431 g/mol. The number of nitriles is 1. The van der Waals surface area contributed by atoms with Crippen molar-refractivity contribution in [3.63, 3.8) is 0 Å². The van der Waals surface area contributed by atoms with Crippen molar-refractivity contribution in [2.24, 2.45) is 0 Å². The Balaban J connectivity index is 1.55. The summed E-state index contributed by atoms with van der Waals surface area (Å²) >= 11 is 5.58. The number of ether oxygens (including phenoxy) is 1. The lowest BCUT2D eigenvalue weighted by Gasteiger charge is -2.12. The zero-order chi connectivity index (χ0) is 22.4. The molecule has 0 aliphatic carbocycles. The van der Waals surface area contributed by atoms with E-state index in [0.717, 1.165) is 17.7 Å². The Morgan fingerprint density at radius 2 is 1.84 bits per heavy atom. The minimum atomic E-state index is -4.60. The highest BCUT2D eigenvalue weighted by Gasteiger charge is 2.33. The Labute approximate surface area is 181 Å². The lowest BCUT2D eigenvalue weighted by Crippen LogP contribution is -2.13. The maximum Gasteiger partial charge on any atom is 0.417 e. The van der Waals surface area contributed by atoms with E-state index in [9.17, 15) is 18.0 Å². The van der Waals surface area contributed by atoms with Gasteiger partial charge >= 0.3 is 6.18 Å². The lowest BCUT2D eigenvalue weighted by molar-refractivity contribution is -0.137. The highest BCUT2D eigenvalue weighted by Crippen LogP contribution is 2.36. The van der Waals surface area contributed by atoms with Crippen molar-refractivity contribution >= 4 is 23.2 Å². The number of rotatable bonds is 6. The predicted octanol–water partition coefficient (Wildman–Crippen LogP) is 5.99. The van der Waals surface area contributed by atoms with Crippen molar-refractivity contribution < 1.29 is 22.7 Å². The molecule has 0 saturated heterocycles. The van der Waals surface area contributed by atoms with Gasteiger partial charge in [0.15, 0.2) is 0 Å². The number of halogens is 4. The number of alkyl halides is 3. The molecule has 2 aromatic carbocycles. The second-order valence-electron chi connectivity index (χ2n) is 6.48. The summed E-state index contributed by atoms with van der Waals surface area (Å²) in [5.74, 6) is 0.598. The van der Waals surface area contributed by atoms with Crippen molar-refractivity contribution in [1.82, 2.24) is 4.98 Å². The standard InChI is InChI=1S/C22H15ClF3N3O2/c23-20-7-4-15(12-19(20)22(24,25)26)29-21(30)8-3-14-1-5-17(6-2-14)31-18-9-10-28-16(11-18)13-27/h1-2,4-7,9-12H,3,8H2,(H,29,30). The van der Waals surface area contributed by atoms with Crippen molar-refractivity contribution in [1.29, 1.82) is 5.26 Å². The van der Waals surface area contributed by atoms with Crippen LogP contribution in [0.15, 0.2) is 60.8 Å². The van der Waals surface area contributed by atoms with Crippen LogP contribution in [0, 0.1) is 11.3 Å². The van der Waals surface area contributed by atoms with Crippen LogP contribution >= 0.6 is 11.6 Å². The molecule has 0 aliphatic rings. The molecule has 9 heteroatoms. The van der Waals surface area contributed by atoms with Crippen LogP contribution in [0.25, 0.3) is 0 Å². The molecule has 1 N–H and O–H groups in total. The largest absolute Gasteiger partial charge is 0.457 e. The van der Waals surface area contributed by atoms with Gasteiger partial charge in [0.2, 0.25) is 5.91 Å². The third kappa shape index (κ3) is 6.20. The van der Waals surface area contributed by atoms with Gasteiger partial charge in [-0.15, -0.1) is 0 Å². The van der Waals surface area contributed by atoms with Crippen LogP contribution in [-0.2, 0) is 17.4 Å². The Kier molecular flexibility index (Phi) is 6.78. The summed E-state index contributed by atoms with van der Waals surface area (Å²) in [6.07, 6.45) is -2.66. The van der Waals surface area contributed by atoms with E-state index in [0.29, 0.717) is 17.9 Å². The highest BCUT2D eigenvalue weighted by molar-refractivity contribution is 6.31. The average Bonchev–Trinajstić information content (AvgIpc) is 2.74. The highest BCUT2D eigenvalue weighted by atomic mass is 35.5. The number of anilines is 1. The van der Waals surface area contributed by atoms with Gasteiger partial charge in [-0.25, -0.2) is 4.98 Å². The average molecular weight is 446 g/mol. The number of nitrogens with one attached hydrogen (secondary N) is 1. The molecule has 1 heterocycles.